The van der Waals surface area contributed by atoms with Gasteiger partial charge in [0, 0.05) is 0 Å². The molecule has 0 saturated carbocycles. The molecule has 0 unspecified atom stereocenters. The van der Waals surface area contributed by atoms with Crippen LogP contribution in [0.5, 0.6) is 5.75 Å². The maximum absolute atomic E-state index is 12.8. The number of nitrogens with one attached hydrogen (secondary N) is 2. The zero-order chi connectivity index (χ0) is 21.7. The van der Waals surface area contributed by atoms with Crippen LogP contribution in [0, 0.1) is 0 Å². The van der Waals surface area contributed by atoms with Gasteiger partial charge in [-0.15, -0.1) is 0 Å². The van der Waals surface area contributed by atoms with Gasteiger partial charge in [0.2, 0.25) is 0 Å². The van der Waals surface area contributed by atoms with Gasteiger partial charge in [-0.25, -0.2) is 8.42 Å². The summed E-state index contributed by atoms with van der Waals surface area (Å²) < 4.78 is 33.2. The molecule has 0 fully saturated rings. The molecule has 6 nitrogen and oxygen atoms in total. The van der Waals surface area contributed by atoms with Crippen molar-refractivity contribution in [3.8, 4) is 5.75 Å². The molecule has 3 rings (SSSR count). The number of anilines is 1. The number of halogens is 1. The molecule has 0 heterocycles. The van der Waals surface area contributed by atoms with Crippen molar-refractivity contribution in [3.05, 3.63) is 88.9 Å². The summed E-state index contributed by atoms with van der Waals surface area (Å²) in [5.74, 6) is -0.0253. The van der Waals surface area contributed by atoms with Gasteiger partial charge in [0.15, 0.2) is 0 Å². The highest BCUT2D eigenvalue weighted by Gasteiger charge is 2.20. The summed E-state index contributed by atoms with van der Waals surface area (Å²) in [6.45, 7) is 1.86. The summed E-state index contributed by atoms with van der Waals surface area (Å²) >= 11 is 6.05. The molecular weight excluding hydrogens is 424 g/mol. The molecule has 0 aliphatic rings. The van der Waals surface area contributed by atoms with E-state index in [0.717, 1.165) is 5.56 Å². The second kappa shape index (κ2) is 9.19. The summed E-state index contributed by atoms with van der Waals surface area (Å²) in [4.78, 5) is 12.8. The fourth-order valence-electron chi connectivity index (χ4n) is 2.89. The van der Waals surface area contributed by atoms with E-state index >= 15 is 0 Å². The first-order chi connectivity index (χ1) is 14.3. The normalized spacial score (nSPS) is 12.1. The molecule has 3 aromatic rings. The van der Waals surface area contributed by atoms with Crippen LogP contribution in [0.15, 0.2) is 77.7 Å². The fraction of sp³-hybridized carbons (Fsp3) is 0.136. The van der Waals surface area contributed by atoms with Crippen LogP contribution in [0.25, 0.3) is 0 Å². The number of amides is 1. The van der Waals surface area contributed by atoms with Crippen molar-refractivity contribution in [2.24, 2.45) is 0 Å². The Morgan fingerprint density at radius 1 is 1.00 bits per heavy atom. The zero-order valence-electron chi connectivity index (χ0n) is 16.4. The Morgan fingerprint density at radius 2 is 1.67 bits per heavy atom. The van der Waals surface area contributed by atoms with Gasteiger partial charge < -0.3 is 10.1 Å². The quantitative estimate of drug-likeness (QED) is 0.556. The molecule has 30 heavy (non-hydrogen) atoms. The second-order valence-corrected chi connectivity index (χ2v) is 8.64. The Hall–Kier alpha value is -3.03. The van der Waals surface area contributed by atoms with Gasteiger partial charge in [0.1, 0.15) is 5.75 Å². The Morgan fingerprint density at radius 3 is 2.33 bits per heavy atom. The van der Waals surface area contributed by atoms with E-state index in [-0.39, 0.29) is 27.2 Å². The third-order valence-electron chi connectivity index (χ3n) is 4.50. The molecule has 1 atom stereocenters. The summed E-state index contributed by atoms with van der Waals surface area (Å²) in [5.41, 5.74) is 1.32. The van der Waals surface area contributed by atoms with Crippen molar-refractivity contribution in [3.63, 3.8) is 0 Å². The highest BCUT2D eigenvalue weighted by Crippen LogP contribution is 2.28. The number of carbonyl (C=O) groups is 1. The molecule has 8 heteroatoms. The molecule has 2 N–H and O–H groups in total. The zero-order valence-corrected chi connectivity index (χ0v) is 18.0. The summed E-state index contributed by atoms with van der Waals surface area (Å²) in [6.07, 6.45) is 0. The van der Waals surface area contributed by atoms with Crippen molar-refractivity contribution in [2.75, 3.05) is 11.8 Å². The lowest BCUT2D eigenvalue weighted by Gasteiger charge is -2.17. The first kappa shape index (κ1) is 21.7. The van der Waals surface area contributed by atoms with Crippen molar-refractivity contribution >= 4 is 33.2 Å². The summed E-state index contributed by atoms with van der Waals surface area (Å²) in [6, 6.07) is 19.8. The number of carbonyl (C=O) groups excluding carboxylic acids is 1. The summed E-state index contributed by atoms with van der Waals surface area (Å²) in [7, 11) is -2.52. The first-order valence-corrected chi connectivity index (χ1v) is 11.0. The van der Waals surface area contributed by atoms with Gasteiger partial charge >= 0.3 is 0 Å². The van der Waals surface area contributed by atoms with Crippen LogP contribution in [0.4, 0.5) is 5.69 Å². The highest BCUT2D eigenvalue weighted by atomic mass is 35.5. The molecular formula is C22H21ClN2O4S. The Kier molecular flexibility index (Phi) is 6.64. The topological polar surface area (TPSA) is 84.5 Å². The van der Waals surface area contributed by atoms with Crippen LogP contribution < -0.4 is 14.8 Å². The SMILES string of the molecule is COc1ccc(S(=O)(=O)Nc2ccccc2C(=O)N[C@H](C)c2ccccc2)cc1Cl. The van der Waals surface area contributed by atoms with Crippen LogP contribution in [-0.4, -0.2) is 21.4 Å². The average Bonchev–Trinajstić information content (AvgIpc) is 2.74. The number of para-hydroxylation sites is 1. The standard InChI is InChI=1S/C22H21ClN2O4S/c1-15(16-8-4-3-5-9-16)24-22(26)18-10-6-7-11-20(18)25-30(27,28)17-12-13-21(29-2)19(23)14-17/h3-15,25H,1-2H3,(H,24,26)/t15-/m1/s1. The average molecular weight is 445 g/mol. The smallest absolute Gasteiger partial charge is 0.261 e. The van der Waals surface area contributed by atoms with E-state index in [1.54, 1.807) is 18.2 Å². The predicted molar refractivity (Wildman–Crippen MR) is 118 cm³/mol. The predicted octanol–water partition coefficient (Wildman–Crippen LogP) is 4.64. The molecule has 0 aliphatic heterocycles. The van der Waals surface area contributed by atoms with Crippen molar-refractivity contribution in [1.29, 1.82) is 0 Å². The van der Waals surface area contributed by atoms with Gasteiger partial charge in [0.25, 0.3) is 15.9 Å². The van der Waals surface area contributed by atoms with Crippen LogP contribution in [0.3, 0.4) is 0 Å². The van der Waals surface area contributed by atoms with E-state index < -0.39 is 15.9 Å². The number of rotatable bonds is 7. The lowest BCUT2D eigenvalue weighted by Crippen LogP contribution is -2.28. The van der Waals surface area contributed by atoms with E-state index in [0.29, 0.717) is 5.75 Å². The Bertz CT molecular complexity index is 1150. The third-order valence-corrected chi connectivity index (χ3v) is 6.16. The molecule has 0 saturated heterocycles. The van der Waals surface area contributed by atoms with Gasteiger partial charge in [-0.1, -0.05) is 54.1 Å². The van der Waals surface area contributed by atoms with Gasteiger partial charge in [-0.3, -0.25) is 9.52 Å². The second-order valence-electron chi connectivity index (χ2n) is 6.55. The third kappa shape index (κ3) is 4.93. The largest absolute Gasteiger partial charge is 0.495 e. The van der Waals surface area contributed by atoms with Crippen LogP contribution >= 0.6 is 11.6 Å². The van der Waals surface area contributed by atoms with E-state index in [1.807, 2.05) is 37.3 Å². The maximum Gasteiger partial charge on any atom is 0.261 e. The molecule has 1 amide bonds. The number of sulfonamides is 1. The number of hydrogen-bond donors (Lipinski definition) is 2. The van der Waals surface area contributed by atoms with E-state index in [4.69, 9.17) is 16.3 Å². The van der Waals surface area contributed by atoms with Crippen LogP contribution in [0.1, 0.15) is 28.9 Å². The first-order valence-electron chi connectivity index (χ1n) is 9.13. The molecule has 156 valence electrons. The number of hydrogen-bond acceptors (Lipinski definition) is 4. The molecule has 0 aliphatic carbocycles. The van der Waals surface area contributed by atoms with Crippen LogP contribution in [-0.2, 0) is 10.0 Å². The minimum Gasteiger partial charge on any atom is -0.495 e. The lowest BCUT2D eigenvalue weighted by molar-refractivity contribution is 0.0941. The Labute approximate surface area is 180 Å². The molecule has 0 radical (unpaired) electrons. The minimum atomic E-state index is -3.97. The van der Waals surface area contributed by atoms with Crippen molar-refractivity contribution < 1.29 is 17.9 Å². The van der Waals surface area contributed by atoms with E-state index in [9.17, 15) is 13.2 Å². The number of ether oxygens (including phenoxy) is 1. The fourth-order valence-corrected chi connectivity index (χ4v) is 4.32. The van der Waals surface area contributed by atoms with Gasteiger partial charge in [0.05, 0.1) is 34.3 Å². The molecule has 3 aromatic carbocycles. The van der Waals surface area contributed by atoms with E-state index in [2.05, 4.69) is 10.0 Å². The molecule has 0 aromatic heterocycles. The van der Waals surface area contributed by atoms with Crippen LogP contribution in [0.2, 0.25) is 5.02 Å². The van der Waals surface area contributed by atoms with Crippen molar-refractivity contribution in [1.82, 2.24) is 5.32 Å². The highest BCUT2D eigenvalue weighted by molar-refractivity contribution is 7.92. The summed E-state index contributed by atoms with van der Waals surface area (Å²) in [5, 5.41) is 3.06. The number of benzene rings is 3. The minimum absolute atomic E-state index is 0.0406. The lowest BCUT2D eigenvalue weighted by atomic mass is 10.1. The molecule has 0 spiro atoms. The number of methoxy groups -OCH3 is 1. The van der Waals surface area contributed by atoms with Gasteiger partial charge in [-0.05, 0) is 42.8 Å². The Balaban J connectivity index is 1.84. The molecule has 0 bridgehead atoms. The van der Waals surface area contributed by atoms with Crippen molar-refractivity contribution in [2.45, 2.75) is 17.9 Å². The van der Waals surface area contributed by atoms with E-state index in [1.165, 1.54) is 31.4 Å². The maximum atomic E-state index is 12.8. The monoisotopic (exact) mass is 444 g/mol. The van der Waals surface area contributed by atoms with Gasteiger partial charge in [-0.2, -0.15) is 0 Å².